The van der Waals surface area contributed by atoms with E-state index in [4.69, 9.17) is 9.97 Å². The Labute approximate surface area is 300 Å². The molecule has 1 aliphatic heterocycles. The average Bonchev–Trinajstić information content (AvgIpc) is 3.13. The summed E-state index contributed by atoms with van der Waals surface area (Å²) in [6.07, 6.45) is 1.88. The number of phenolic OH excluding ortho intramolecular Hbond substituents is 1. The summed E-state index contributed by atoms with van der Waals surface area (Å²) in [5.74, 6) is 1.02. The first-order chi connectivity index (χ1) is 24.5. The quantitative estimate of drug-likeness (QED) is 0.198. The number of nitrogens with zero attached hydrogens (tertiary/aromatic N) is 4. The predicted molar refractivity (Wildman–Crippen MR) is 212 cm³/mol. The predicted octanol–water partition coefficient (Wildman–Crippen LogP) is 12.2. The lowest BCUT2D eigenvalue weighted by Gasteiger charge is -2.41. The molecule has 0 radical (unpaired) electrons. The van der Waals surface area contributed by atoms with Gasteiger partial charge in [0.1, 0.15) is 11.3 Å². The molecule has 8 rings (SSSR count). The van der Waals surface area contributed by atoms with E-state index < -0.39 is 0 Å². The van der Waals surface area contributed by atoms with Gasteiger partial charge in [-0.25, -0.2) is 9.97 Å². The fourth-order valence-corrected chi connectivity index (χ4v) is 7.56. The molecule has 5 heteroatoms. The topological polar surface area (TPSA) is 52.5 Å². The van der Waals surface area contributed by atoms with E-state index in [1.165, 1.54) is 11.1 Å². The second kappa shape index (κ2) is 12.1. The summed E-state index contributed by atoms with van der Waals surface area (Å²) in [5.41, 5.74) is 11.4. The number of rotatable bonds is 5. The number of fused-ring (bicyclic) bond motifs is 3. The molecule has 1 N–H and O–H groups in total. The SMILES string of the molecule is Cc1ccnc(N2c3ccccc3C(C)(C)c3ccc(-c4ccc5c(C(C)(C)C)cc(N(c6ccccc6)c6ccccc6)c(O)c5n4)cc32)c1. The van der Waals surface area contributed by atoms with E-state index in [-0.39, 0.29) is 16.6 Å². The molecule has 5 nitrogen and oxygen atoms in total. The van der Waals surface area contributed by atoms with Crippen LogP contribution in [0.5, 0.6) is 5.75 Å². The van der Waals surface area contributed by atoms with Crippen LogP contribution in [0.2, 0.25) is 0 Å². The van der Waals surface area contributed by atoms with Crippen molar-refractivity contribution in [3.05, 3.63) is 162 Å². The lowest BCUT2D eigenvalue weighted by Crippen LogP contribution is -2.31. The number of hydrogen-bond donors (Lipinski definition) is 1. The molecule has 2 aromatic heterocycles. The van der Waals surface area contributed by atoms with Crippen molar-refractivity contribution >= 4 is 45.2 Å². The lowest BCUT2D eigenvalue weighted by atomic mass is 9.73. The van der Waals surface area contributed by atoms with E-state index in [2.05, 4.69) is 142 Å². The Balaban J connectivity index is 1.35. The average molecular weight is 667 g/mol. The van der Waals surface area contributed by atoms with Crippen LogP contribution in [-0.4, -0.2) is 15.1 Å². The minimum atomic E-state index is -0.227. The van der Waals surface area contributed by atoms with Gasteiger partial charge in [-0.15, -0.1) is 0 Å². The van der Waals surface area contributed by atoms with E-state index in [0.717, 1.165) is 56.3 Å². The highest BCUT2D eigenvalue weighted by atomic mass is 16.3. The van der Waals surface area contributed by atoms with E-state index in [1.54, 1.807) is 0 Å². The van der Waals surface area contributed by atoms with Crippen LogP contribution in [0.15, 0.2) is 140 Å². The van der Waals surface area contributed by atoms with Crippen molar-refractivity contribution in [1.82, 2.24) is 9.97 Å². The highest BCUT2D eigenvalue weighted by Crippen LogP contribution is 2.53. The summed E-state index contributed by atoms with van der Waals surface area (Å²) in [5, 5.41) is 13.2. The van der Waals surface area contributed by atoms with E-state index in [0.29, 0.717) is 11.2 Å². The van der Waals surface area contributed by atoms with Gasteiger partial charge in [-0.3, -0.25) is 4.90 Å². The first-order valence-corrected chi connectivity index (χ1v) is 17.6. The van der Waals surface area contributed by atoms with Crippen LogP contribution >= 0.6 is 0 Å². The fourth-order valence-electron chi connectivity index (χ4n) is 7.56. The molecule has 1 aliphatic rings. The van der Waals surface area contributed by atoms with Gasteiger partial charge in [-0.1, -0.05) is 107 Å². The Hall–Kier alpha value is -5.94. The third-order valence-corrected chi connectivity index (χ3v) is 10.2. The zero-order valence-electron chi connectivity index (χ0n) is 30.0. The second-order valence-electron chi connectivity index (χ2n) is 15.0. The van der Waals surface area contributed by atoms with Gasteiger partial charge < -0.3 is 10.0 Å². The summed E-state index contributed by atoms with van der Waals surface area (Å²) in [6.45, 7) is 13.3. The van der Waals surface area contributed by atoms with Crippen molar-refractivity contribution in [2.45, 2.75) is 52.4 Å². The van der Waals surface area contributed by atoms with Crippen molar-refractivity contribution < 1.29 is 5.11 Å². The number of aryl methyl sites for hydroxylation is 1. The molecule has 0 aliphatic carbocycles. The molecule has 0 fully saturated rings. The highest BCUT2D eigenvalue weighted by molar-refractivity contribution is 5.98. The summed E-state index contributed by atoms with van der Waals surface area (Å²) in [6, 6.07) is 46.1. The molecule has 252 valence electrons. The monoisotopic (exact) mass is 666 g/mol. The third kappa shape index (κ3) is 5.50. The number of aromatic nitrogens is 2. The van der Waals surface area contributed by atoms with E-state index in [9.17, 15) is 5.11 Å². The first kappa shape index (κ1) is 32.3. The standard InChI is InChI=1S/C46H42N4O/c1-30-25-26-47-42(27-30)50-39-20-14-13-19-35(39)46(5,6)36-23-21-31(28-40(36)50)38-24-22-34-37(45(2,3)4)29-41(44(51)43(34)48-38)49(32-15-9-7-10-16-32)33-17-11-8-12-18-33/h7-29,51H,1-6H3. The van der Waals surface area contributed by atoms with Gasteiger partial charge in [-0.05, 0) is 95.3 Å². The van der Waals surface area contributed by atoms with Crippen LogP contribution in [-0.2, 0) is 10.8 Å². The molecule has 0 spiro atoms. The maximum absolute atomic E-state index is 12.3. The fraction of sp³-hybridized carbons (Fsp3) is 0.174. The van der Waals surface area contributed by atoms with Crippen LogP contribution < -0.4 is 9.80 Å². The van der Waals surface area contributed by atoms with Gasteiger partial charge in [0.15, 0.2) is 5.75 Å². The number of phenols is 1. The number of benzene rings is 5. The van der Waals surface area contributed by atoms with Gasteiger partial charge >= 0.3 is 0 Å². The summed E-state index contributed by atoms with van der Waals surface area (Å²) >= 11 is 0. The lowest BCUT2D eigenvalue weighted by molar-refractivity contribution is 0.481. The van der Waals surface area contributed by atoms with Crippen LogP contribution in [0.4, 0.5) is 34.3 Å². The number of pyridine rings is 2. The van der Waals surface area contributed by atoms with Crippen molar-refractivity contribution in [1.29, 1.82) is 0 Å². The zero-order valence-corrected chi connectivity index (χ0v) is 30.0. The van der Waals surface area contributed by atoms with Crippen LogP contribution in [0, 0.1) is 6.92 Å². The van der Waals surface area contributed by atoms with Gasteiger partial charge in [0.05, 0.1) is 22.8 Å². The van der Waals surface area contributed by atoms with E-state index in [1.807, 2.05) is 48.7 Å². The van der Waals surface area contributed by atoms with Crippen molar-refractivity contribution in [3.63, 3.8) is 0 Å². The Kier molecular flexibility index (Phi) is 7.68. The Bertz CT molecular complexity index is 2370. The maximum atomic E-state index is 12.3. The maximum Gasteiger partial charge on any atom is 0.166 e. The van der Waals surface area contributed by atoms with Gasteiger partial charge in [-0.2, -0.15) is 0 Å². The van der Waals surface area contributed by atoms with E-state index >= 15 is 0 Å². The summed E-state index contributed by atoms with van der Waals surface area (Å²) in [7, 11) is 0. The smallest absolute Gasteiger partial charge is 0.166 e. The minimum absolute atomic E-state index is 0.145. The molecule has 3 heterocycles. The third-order valence-electron chi connectivity index (χ3n) is 10.2. The van der Waals surface area contributed by atoms with Crippen molar-refractivity contribution in [3.8, 4) is 17.0 Å². The van der Waals surface area contributed by atoms with Crippen molar-refractivity contribution in [2.24, 2.45) is 0 Å². The molecule has 0 unspecified atom stereocenters. The Morgan fingerprint density at radius 1 is 0.686 bits per heavy atom. The molecule has 0 bridgehead atoms. The molecule has 51 heavy (non-hydrogen) atoms. The van der Waals surface area contributed by atoms with Crippen LogP contribution in [0.25, 0.3) is 22.2 Å². The largest absolute Gasteiger partial charge is 0.504 e. The minimum Gasteiger partial charge on any atom is -0.504 e. The normalized spacial score (nSPS) is 13.5. The molecule has 0 saturated heterocycles. The summed E-state index contributed by atoms with van der Waals surface area (Å²) < 4.78 is 0. The molecular weight excluding hydrogens is 625 g/mol. The molecule has 7 aromatic rings. The zero-order chi connectivity index (χ0) is 35.5. The molecule has 0 atom stereocenters. The molecule has 0 amide bonds. The Morgan fingerprint density at radius 2 is 1.33 bits per heavy atom. The number of aromatic hydroxyl groups is 1. The van der Waals surface area contributed by atoms with Crippen molar-refractivity contribution in [2.75, 3.05) is 9.80 Å². The molecular formula is C46H42N4O. The van der Waals surface area contributed by atoms with Gasteiger partial charge in [0.2, 0.25) is 0 Å². The molecule has 5 aromatic carbocycles. The summed E-state index contributed by atoms with van der Waals surface area (Å²) in [4.78, 5) is 14.5. The second-order valence-corrected chi connectivity index (χ2v) is 15.0. The highest BCUT2D eigenvalue weighted by Gasteiger charge is 2.37. The number of hydrogen-bond acceptors (Lipinski definition) is 5. The molecule has 0 saturated carbocycles. The Morgan fingerprint density at radius 3 is 2.00 bits per heavy atom. The van der Waals surface area contributed by atoms with Crippen LogP contribution in [0.1, 0.15) is 56.9 Å². The van der Waals surface area contributed by atoms with Gasteiger partial charge in [0, 0.05) is 33.9 Å². The number of para-hydroxylation sites is 3. The van der Waals surface area contributed by atoms with Gasteiger partial charge in [0.25, 0.3) is 0 Å². The first-order valence-electron chi connectivity index (χ1n) is 17.6. The van der Waals surface area contributed by atoms with Crippen LogP contribution in [0.3, 0.4) is 0 Å². The number of anilines is 6.